The first-order chi connectivity index (χ1) is 24.1. The SMILES string of the molecule is CCCN(C)C1CC(C)O[C@@H](O[C@@H]2[C@@H](C)[C@H](O[C@H]3CC(C)(OC)[C@@H](O)C(C)O3)[C@@H](C)C(=O)O[C@@H]([C@](C)(O)[C@H](O)CC)[C@@H](C)C3=C(C)C[C@]2(C)O3)C1O. The zero-order valence-corrected chi connectivity index (χ0v) is 33.8. The molecule has 2 bridgehead atoms. The predicted molar refractivity (Wildman–Crippen MR) is 193 cm³/mol. The van der Waals surface area contributed by atoms with Gasteiger partial charge in [-0.25, -0.2) is 0 Å². The molecular formula is C39H69NO12. The van der Waals surface area contributed by atoms with Crippen LogP contribution in [0, 0.1) is 17.8 Å². The molecule has 4 rings (SSSR count). The van der Waals surface area contributed by atoms with Crippen molar-refractivity contribution in [3.8, 4) is 0 Å². The predicted octanol–water partition coefficient (Wildman–Crippen LogP) is 3.67. The largest absolute Gasteiger partial charge is 0.488 e. The Bertz CT molecular complexity index is 1250. The highest BCUT2D eigenvalue weighted by atomic mass is 16.7. The van der Waals surface area contributed by atoms with E-state index in [0.29, 0.717) is 18.6 Å². The van der Waals surface area contributed by atoms with Gasteiger partial charge >= 0.3 is 5.97 Å². The van der Waals surface area contributed by atoms with Crippen LogP contribution in [0.4, 0.5) is 0 Å². The van der Waals surface area contributed by atoms with Gasteiger partial charge in [0.05, 0.1) is 41.9 Å². The number of aliphatic hydroxyl groups is 4. The van der Waals surface area contributed by atoms with Gasteiger partial charge in [-0.3, -0.25) is 4.79 Å². The van der Waals surface area contributed by atoms with Gasteiger partial charge in [-0.1, -0.05) is 27.7 Å². The number of esters is 1. The van der Waals surface area contributed by atoms with Gasteiger partial charge in [0, 0.05) is 31.9 Å². The zero-order valence-electron chi connectivity index (χ0n) is 33.8. The number of nitrogens with zero attached hydrogens (tertiary/aromatic N) is 1. The molecule has 5 unspecified atom stereocenters. The standard InChI is InChI=1S/C39H69NO12/c1-14-16-40(12)26-17-21(4)47-36(29(26)42)51-33-23(6)31(49-28-19-37(9,46-13)32(43)25(8)48-28)24(7)35(44)50-34(39(11,45)27(41)15-2)22(5)30-20(3)18-38(33,10)52-30/h21-29,31-34,36,41-43,45H,14-19H2,1-13H3/t21?,22-,23-,24+,25?,26?,27+,28-,29?,31-,32-,33+,34+,36-,37?,38-,39+/m0/s1. The van der Waals surface area contributed by atoms with E-state index in [1.807, 2.05) is 41.7 Å². The Kier molecular flexibility index (Phi) is 14.0. The number of methoxy groups -OCH3 is 1. The maximum absolute atomic E-state index is 14.3. The summed E-state index contributed by atoms with van der Waals surface area (Å²) in [5.74, 6) is -2.26. The van der Waals surface area contributed by atoms with E-state index in [9.17, 15) is 25.2 Å². The molecule has 0 aliphatic carbocycles. The lowest BCUT2D eigenvalue weighted by Gasteiger charge is -2.48. The Morgan fingerprint density at radius 3 is 2.31 bits per heavy atom. The van der Waals surface area contributed by atoms with Crippen LogP contribution in [0.2, 0.25) is 0 Å². The molecule has 3 fully saturated rings. The molecule has 302 valence electrons. The Balaban J connectivity index is 1.82. The van der Waals surface area contributed by atoms with Crippen molar-refractivity contribution in [3.05, 3.63) is 11.3 Å². The third-order valence-corrected chi connectivity index (χ3v) is 12.4. The van der Waals surface area contributed by atoms with Crippen molar-refractivity contribution in [3.63, 3.8) is 0 Å². The maximum Gasteiger partial charge on any atom is 0.311 e. The van der Waals surface area contributed by atoms with E-state index in [4.69, 9.17) is 33.2 Å². The van der Waals surface area contributed by atoms with Gasteiger partial charge in [-0.05, 0) is 86.9 Å². The molecule has 0 amide bonds. The van der Waals surface area contributed by atoms with Crippen LogP contribution in [0.25, 0.3) is 0 Å². The monoisotopic (exact) mass is 743 g/mol. The summed E-state index contributed by atoms with van der Waals surface area (Å²) in [6.07, 6.45) is -6.29. The second-order valence-electron chi connectivity index (χ2n) is 16.9. The highest BCUT2D eigenvalue weighted by Gasteiger charge is 2.57. The molecule has 0 aromatic heterocycles. The van der Waals surface area contributed by atoms with E-state index < -0.39 is 95.8 Å². The first-order valence-corrected chi connectivity index (χ1v) is 19.4. The summed E-state index contributed by atoms with van der Waals surface area (Å²) in [6.45, 7) is 21.0. The molecule has 0 saturated carbocycles. The number of cyclic esters (lactones) is 1. The zero-order chi connectivity index (χ0) is 39.1. The van der Waals surface area contributed by atoms with Gasteiger partial charge in [0.25, 0.3) is 0 Å². The summed E-state index contributed by atoms with van der Waals surface area (Å²) in [6, 6.07) is -0.205. The number of hydrogen-bond donors (Lipinski definition) is 4. The molecule has 0 aromatic rings. The van der Waals surface area contributed by atoms with Gasteiger partial charge in [0.1, 0.15) is 41.4 Å². The van der Waals surface area contributed by atoms with E-state index in [-0.39, 0.29) is 25.0 Å². The van der Waals surface area contributed by atoms with Gasteiger partial charge < -0.3 is 58.5 Å². The molecule has 0 aromatic carbocycles. The fourth-order valence-corrected chi connectivity index (χ4v) is 9.17. The number of carbonyl (C=O) groups excluding carboxylic acids is 1. The van der Waals surface area contributed by atoms with Crippen molar-refractivity contribution in [1.29, 1.82) is 0 Å². The number of carbonyl (C=O) groups is 1. The topological polar surface area (TPSA) is 166 Å². The van der Waals surface area contributed by atoms with Crippen molar-refractivity contribution in [2.24, 2.45) is 17.8 Å². The van der Waals surface area contributed by atoms with Crippen molar-refractivity contribution < 1.29 is 58.4 Å². The second-order valence-corrected chi connectivity index (χ2v) is 16.9. The summed E-state index contributed by atoms with van der Waals surface area (Å²) in [5, 5.41) is 45.5. The number of fused-ring (bicyclic) bond motifs is 2. The molecule has 13 nitrogen and oxygen atoms in total. The van der Waals surface area contributed by atoms with Gasteiger partial charge in [0.2, 0.25) is 0 Å². The van der Waals surface area contributed by atoms with Crippen LogP contribution in [0.5, 0.6) is 0 Å². The Morgan fingerprint density at radius 2 is 1.71 bits per heavy atom. The van der Waals surface area contributed by atoms with Crippen LogP contribution in [0.1, 0.15) is 108 Å². The molecule has 3 saturated heterocycles. The first-order valence-electron chi connectivity index (χ1n) is 19.4. The molecule has 0 spiro atoms. The number of ether oxygens (including phenoxy) is 7. The third kappa shape index (κ3) is 8.54. The van der Waals surface area contributed by atoms with Gasteiger partial charge in [0.15, 0.2) is 12.6 Å². The maximum atomic E-state index is 14.3. The second kappa shape index (κ2) is 16.8. The molecule has 13 heteroatoms. The lowest BCUT2D eigenvalue weighted by Crippen LogP contribution is -2.60. The van der Waals surface area contributed by atoms with Crippen molar-refractivity contribution in [2.45, 2.75) is 193 Å². The Labute approximate surface area is 311 Å². The minimum Gasteiger partial charge on any atom is -0.488 e. The average molecular weight is 744 g/mol. The summed E-state index contributed by atoms with van der Waals surface area (Å²) in [7, 11) is 3.53. The van der Waals surface area contributed by atoms with E-state index >= 15 is 0 Å². The number of hydrogen-bond acceptors (Lipinski definition) is 13. The fraction of sp³-hybridized carbons (Fsp3) is 0.923. The summed E-state index contributed by atoms with van der Waals surface area (Å²) < 4.78 is 45.1. The summed E-state index contributed by atoms with van der Waals surface area (Å²) >= 11 is 0. The lowest BCUT2D eigenvalue weighted by atomic mass is 9.78. The molecule has 52 heavy (non-hydrogen) atoms. The first kappa shape index (κ1) is 43.3. The van der Waals surface area contributed by atoms with Crippen molar-refractivity contribution in [1.82, 2.24) is 4.90 Å². The van der Waals surface area contributed by atoms with Crippen LogP contribution in [0.15, 0.2) is 11.3 Å². The number of rotatable bonds is 11. The molecular weight excluding hydrogens is 674 g/mol. The van der Waals surface area contributed by atoms with Gasteiger partial charge in [-0.2, -0.15) is 0 Å². The van der Waals surface area contributed by atoms with Crippen LogP contribution >= 0.6 is 0 Å². The van der Waals surface area contributed by atoms with Crippen LogP contribution in [-0.4, -0.2) is 136 Å². The average Bonchev–Trinajstić information content (AvgIpc) is 3.40. The molecule has 0 radical (unpaired) electrons. The fourth-order valence-electron chi connectivity index (χ4n) is 9.17. The summed E-state index contributed by atoms with van der Waals surface area (Å²) in [4.78, 5) is 16.5. The highest BCUT2D eigenvalue weighted by molar-refractivity contribution is 5.73. The van der Waals surface area contributed by atoms with Crippen molar-refractivity contribution >= 4 is 5.97 Å². The number of likely N-dealkylation sites (N-methyl/N-ethyl adjacent to an activating group) is 1. The Morgan fingerprint density at radius 1 is 1.06 bits per heavy atom. The normalized spacial score (nSPS) is 45.2. The Hall–Kier alpha value is -1.39. The minimum atomic E-state index is -1.82. The molecule has 4 N–H and O–H groups in total. The molecule has 4 aliphatic heterocycles. The highest BCUT2D eigenvalue weighted by Crippen LogP contribution is 2.48. The quantitative estimate of drug-likeness (QED) is 0.227. The minimum absolute atomic E-state index is 0.175. The van der Waals surface area contributed by atoms with Crippen LogP contribution in [-0.2, 0) is 38.0 Å². The van der Waals surface area contributed by atoms with Crippen molar-refractivity contribution in [2.75, 3.05) is 20.7 Å². The lowest BCUT2D eigenvalue weighted by molar-refractivity contribution is -0.316. The number of aliphatic hydroxyl groups excluding tert-OH is 3. The van der Waals surface area contributed by atoms with Gasteiger partial charge in [-0.15, -0.1) is 0 Å². The van der Waals surface area contributed by atoms with Crippen LogP contribution in [0.3, 0.4) is 0 Å². The molecule has 17 atom stereocenters. The van der Waals surface area contributed by atoms with E-state index in [0.717, 1.165) is 18.5 Å². The summed E-state index contributed by atoms with van der Waals surface area (Å²) in [5.41, 5.74) is -2.95. The van der Waals surface area contributed by atoms with E-state index in [2.05, 4.69) is 11.8 Å². The third-order valence-electron chi connectivity index (χ3n) is 12.4. The van der Waals surface area contributed by atoms with Crippen LogP contribution < -0.4 is 0 Å². The van der Waals surface area contributed by atoms with E-state index in [1.165, 1.54) is 14.0 Å². The van der Waals surface area contributed by atoms with E-state index in [1.54, 1.807) is 27.7 Å². The molecule has 4 aliphatic rings. The smallest absolute Gasteiger partial charge is 0.311 e. The molecule has 4 heterocycles.